The van der Waals surface area contributed by atoms with Crippen molar-refractivity contribution in [1.82, 2.24) is 9.97 Å². The summed E-state index contributed by atoms with van der Waals surface area (Å²) >= 11 is 3.56. The van der Waals surface area contributed by atoms with Gasteiger partial charge in [-0.25, -0.2) is 9.97 Å². The number of nitrogens with zero attached hydrogens (tertiary/aromatic N) is 2. The van der Waals surface area contributed by atoms with Crippen molar-refractivity contribution in [2.75, 3.05) is 17.2 Å². The summed E-state index contributed by atoms with van der Waals surface area (Å²) in [6, 6.07) is 6.11. The Bertz CT molecular complexity index is 626. The van der Waals surface area contributed by atoms with Crippen LogP contribution in [0.25, 0.3) is 0 Å². The lowest BCUT2D eigenvalue weighted by Gasteiger charge is -2.18. The summed E-state index contributed by atoms with van der Waals surface area (Å²) in [6.45, 7) is 9.29. The van der Waals surface area contributed by atoms with Gasteiger partial charge in [0.05, 0.1) is 0 Å². The van der Waals surface area contributed by atoms with Crippen LogP contribution in [0.3, 0.4) is 0 Å². The van der Waals surface area contributed by atoms with Gasteiger partial charge < -0.3 is 10.6 Å². The van der Waals surface area contributed by atoms with E-state index in [0.717, 1.165) is 39.5 Å². The van der Waals surface area contributed by atoms with Crippen LogP contribution in [-0.2, 0) is 0 Å². The van der Waals surface area contributed by atoms with E-state index in [2.05, 4.69) is 70.3 Å². The van der Waals surface area contributed by atoms with Gasteiger partial charge in [0.1, 0.15) is 18.0 Å². The van der Waals surface area contributed by atoms with Crippen molar-refractivity contribution in [1.29, 1.82) is 0 Å². The molecule has 2 N–H and O–H groups in total. The minimum Gasteiger partial charge on any atom is -0.370 e. The third-order valence-electron chi connectivity index (χ3n) is 3.33. The summed E-state index contributed by atoms with van der Waals surface area (Å²) in [6.07, 6.45) is 1.60. The fourth-order valence-corrected chi connectivity index (χ4v) is 2.59. The number of hydrogen-bond acceptors (Lipinski definition) is 4. The number of nitrogens with one attached hydrogen (secondary N) is 2. The molecule has 0 aliphatic carbocycles. The molecule has 0 radical (unpaired) electrons. The van der Waals surface area contributed by atoms with E-state index >= 15 is 0 Å². The third kappa shape index (κ3) is 3.53. The van der Waals surface area contributed by atoms with Gasteiger partial charge in [0.25, 0.3) is 0 Å². The van der Waals surface area contributed by atoms with Crippen LogP contribution in [0.1, 0.15) is 37.8 Å². The second-order valence-electron chi connectivity index (χ2n) is 5.21. The lowest BCUT2D eigenvalue weighted by molar-refractivity contribution is 0.849. The first-order valence-electron chi connectivity index (χ1n) is 7.15. The maximum absolute atomic E-state index is 4.43. The van der Waals surface area contributed by atoms with Crippen LogP contribution in [0.5, 0.6) is 0 Å². The van der Waals surface area contributed by atoms with E-state index in [9.17, 15) is 0 Å². The van der Waals surface area contributed by atoms with E-state index in [0.29, 0.717) is 5.92 Å². The summed E-state index contributed by atoms with van der Waals surface area (Å²) < 4.78 is 1.08. The predicted octanol–water partition coefficient (Wildman–Crippen LogP) is 4.85. The highest BCUT2D eigenvalue weighted by Gasteiger charge is 2.15. The largest absolute Gasteiger partial charge is 0.370 e. The molecule has 2 rings (SSSR count). The first-order valence-corrected chi connectivity index (χ1v) is 7.94. The molecule has 2 aromatic rings. The van der Waals surface area contributed by atoms with Crippen molar-refractivity contribution in [3.8, 4) is 0 Å². The maximum atomic E-state index is 4.43. The van der Waals surface area contributed by atoms with E-state index < -0.39 is 0 Å². The highest BCUT2D eigenvalue weighted by molar-refractivity contribution is 9.10. The van der Waals surface area contributed by atoms with E-state index in [-0.39, 0.29) is 0 Å². The molecule has 0 aliphatic rings. The Balaban J connectivity index is 2.44. The Labute approximate surface area is 134 Å². The molecule has 0 unspecified atom stereocenters. The number of aromatic nitrogens is 2. The van der Waals surface area contributed by atoms with Crippen molar-refractivity contribution in [2.45, 2.75) is 33.6 Å². The maximum Gasteiger partial charge on any atom is 0.139 e. The molecular weight excluding hydrogens is 328 g/mol. The minimum absolute atomic E-state index is 0.329. The van der Waals surface area contributed by atoms with Gasteiger partial charge in [0.2, 0.25) is 0 Å². The lowest BCUT2D eigenvalue weighted by Crippen LogP contribution is -2.09. The Kier molecular flexibility index (Phi) is 5.17. The van der Waals surface area contributed by atoms with Gasteiger partial charge >= 0.3 is 0 Å². The molecular formula is C16H21BrN4. The number of hydrogen-bond donors (Lipinski definition) is 2. The smallest absolute Gasteiger partial charge is 0.139 e. The number of halogens is 1. The fraction of sp³-hybridized carbons (Fsp3) is 0.375. The molecule has 0 aliphatic heterocycles. The number of benzene rings is 1. The molecule has 1 heterocycles. The summed E-state index contributed by atoms with van der Waals surface area (Å²) in [5.41, 5.74) is 3.32. The molecule has 0 saturated heterocycles. The Morgan fingerprint density at radius 1 is 1.19 bits per heavy atom. The van der Waals surface area contributed by atoms with Gasteiger partial charge in [-0.2, -0.15) is 0 Å². The van der Waals surface area contributed by atoms with Crippen LogP contribution in [0.15, 0.2) is 29.0 Å². The van der Waals surface area contributed by atoms with Gasteiger partial charge in [0, 0.05) is 22.3 Å². The van der Waals surface area contributed by atoms with Gasteiger partial charge in [-0.05, 0) is 37.5 Å². The number of anilines is 3. The third-order valence-corrected chi connectivity index (χ3v) is 4.19. The van der Waals surface area contributed by atoms with Crippen molar-refractivity contribution >= 4 is 33.3 Å². The Morgan fingerprint density at radius 3 is 2.57 bits per heavy atom. The monoisotopic (exact) mass is 348 g/mol. The van der Waals surface area contributed by atoms with Crippen molar-refractivity contribution in [2.24, 2.45) is 0 Å². The first kappa shape index (κ1) is 15.8. The zero-order valence-corrected chi connectivity index (χ0v) is 14.5. The molecule has 0 amide bonds. The molecule has 0 atom stereocenters. The molecule has 0 saturated carbocycles. The second kappa shape index (κ2) is 6.89. The molecule has 1 aromatic carbocycles. The zero-order chi connectivity index (χ0) is 15.4. The topological polar surface area (TPSA) is 49.8 Å². The van der Waals surface area contributed by atoms with Crippen molar-refractivity contribution < 1.29 is 0 Å². The van der Waals surface area contributed by atoms with Crippen LogP contribution < -0.4 is 10.6 Å². The predicted molar refractivity (Wildman–Crippen MR) is 92.4 cm³/mol. The van der Waals surface area contributed by atoms with E-state index in [1.807, 2.05) is 12.1 Å². The molecule has 0 fully saturated rings. The first-order chi connectivity index (χ1) is 10.0. The minimum atomic E-state index is 0.329. The van der Waals surface area contributed by atoms with Gasteiger partial charge in [0.15, 0.2) is 0 Å². The summed E-state index contributed by atoms with van der Waals surface area (Å²) in [4.78, 5) is 8.79. The average molecular weight is 349 g/mol. The van der Waals surface area contributed by atoms with Gasteiger partial charge in [-0.1, -0.05) is 35.8 Å². The molecule has 1 aromatic heterocycles. The summed E-state index contributed by atoms with van der Waals surface area (Å²) in [7, 11) is 0. The average Bonchev–Trinajstić information content (AvgIpc) is 2.44. The number of rotatable bonds is 5. The van der Waals surface area contributed by atoms with E-state index in [4.69, 9.17) is 0 Å². The normalized spacial score (nSPS) is 10.8. The van der Waals surface area contributed by atoms with Crippen LogP contribution >= 0.6 is 15.9 Å². The standard InChI is InChI=1S/C16H21BrN4/c1-5-18-15-14(10(2)3)16(20-9-19-15)21-13-8-6-7-12(17)11(13)4/h6-10H,5H2,1-4H3,(H2,18,19,20,21). The van der Waals surface area contributed by atoms with Crippen LogP contribution in [-0.4, -0.2) is 16.5 Å². The quantitative estimate of drug-likeness (QED) is 0.810. The lowest BCUT2D eigenvalue weighted by atomic mass is 10.0. The van der Waals surface area contributed by atoms with E-state index in [1.54, 1.807) is 6.33 Å². The van der Waals surface area contributed by atoms with Crippen LogP contribution in [0, 0.1) is 6.92 Å². The molecule has 0 spiro atoms. The molecule has 0 bridgehead atoms. The van der Waals surface area contributed by atoms with Gasteiger partial charge in [-0.3, -0.25) is 0 Å². The van der Waals surface area contributed by atoms with Crippen LogP contribution in [0.4, 0.5) is 17.3 Å². The highest BCUT2D eigenvalue weighted by Crippen LogP contribution is 2.32. The molecule has 4 nitrogen and oxygen atoms in total. The highest BCUT2D eigenvalue weighted by atomic mass is 79.9. The molecule has 112 valence electrons. The second-order valence-corrected chi connectivity index (χ2v) is 6.06. The van der Waals surface area contributed by atoms with Crippen LogP contribution in [0.2, 0.25) is 0 Å². The Hall–Kier alpha value is -1.62. The van der Waals surface area contributed by atoms with Gasteiger partial charge in [-0.15, -0.1) is 0 Å². The summed E-state index contributed by atoms with van der Waals surface area (Å²) in [5, 5.41) is 6.75. The van der Waals surface area contributed by atoms with E-state index in [1.165, 1.54) is 0 Å². The molecule has 5 heteroatoms. The fourth-order valence-electron chi connectivity index (χ4n) is 2.22. The van der Waals surface area contributed by atoms with Crippen molar-refractivity contribution in [3.63, 3.8) is 0 Å². The Morgan fingerprint density at radius 2 is 1.90 bits per heavy atom. The SMILES string of the molecule is CCNc1ncnc(Nc2cccc(Br)c2C)c1C(C)C. The zero-order valence-electron chi connectivity index (χ0n) is 12.9. The summed E-state index contributed by atoms with van der Waals surface area (Å²) in [5.74, 6) is 2.09. The van der Waals surface area contributed by atoms with Crippen molar-refractivity contribution in [3.05, 3.63) is 40.1 Å². The molecule has 21 heavy (non-hydrogen) atoms.